The average Bonchev–Trinajstić information content (AvgIpc) is 2.24. The van der Waals surface area contributed by atoms with Crippen molar-refractivity contribution in [2.75, 3.05) is 13.2 Å². The molecule has 2 atom stereocenters. The van der Waals surface area contributed by atoms with Crippen LogP contribution in [0.3, 0.4) is 0 Å². The summed E-state index contributed by atoms with van der Waals surface area (Å²) in [5, 5.41) is 11.5. The minimum atomic E-state index is -0.623. The van der Waals surface area contributed by atoms with Crippen LogP contribution in [0.15, 0.2) is 0 Å². The van der Waals surface area contributed by atoms with Crippen LogP contribution >= 0.6 is 0 Å². The second kappa shape index (κ2) is 8.27. The molecule has 0 saturated carbocycles. The number of carbonyl (C=O) groups is 1. The molecule has 0 bridgehead atoms. The summed E-state index contributed by atoms with van der Waals surface area (Å²) >= 11 is 0. The molecule has 0 aliphatic heterocycles. The zero-order chi connectivity index (χ0) is 11.7. The van der Waals surface area contributed by atoms with Gasteiger partial charge in [-0.3, -0.25) is 4.79 Å². The fourth-order valence-corrected chi connectivity index (χ4v) is 1.23. The van der Waals surface area contributed by atoms with Gasteiger partial charge in [-0.05, 0) is 12.3 Å². The van der Waals surface area contributed by atoms with Crippen LogP contribution in [-0.2, 0) is 4.79 Å². The van der Waals surface area contributed by atoms with E-state index in [1.807, 2.05) is 6.92 Å². The summed E-state index contributed by atoms with van der Waals surface area (Å²) in [6, 6.07) is -0.623. The highest BCUT2D eigenvalue weighted by molar-refractivity contribution is 5.81. The summed E-state index contributed by atoms with van der Waals surface area (Å²) in [7, 11) is 0. The van der Waals surface area contributed by atoms with Crippen LogP contribution in [0.25, 0.3) is 0 Å². The lowest BCUT2D eigenvalue weighted by Crippen LogP contribution is -2.42. The zero-order valence-electron chi connectivity index (χ0n) is 9.20. The van der Waals surface area contributed by atoms with Gasteiger partial charge in [-0.15, -0.1) is 12.3 Å². The summed E-state index contributed by atoms with van der Waals surface area (Å²) in [5.41, 5.74) is 5.53. The Morgan fingerprint density at radius 2 is 2.33 bits per heavy atom. The van der Waals surface area contributed by atoms with Crippen molar-refractivity contribution in [1.82, 2.24) is 5.32 Å². The Balaban J connectivity index is 3.82. The number of nitrogens with two attached hydrogens (primary N) is 1. The Morgan fingerprint density at radius 3 is 2.80 bits per heavy atom. The highest BCUT2D eigenvalue weighted by atomic mass is 16.3. The monoisotopic (exact) mass is 212 g/mol. The molecule has 0 aliphatic rings. The highest BCUT2D eigenvalue weighted by Gasteiger charge is 2.13. The van der Waals surface area contributed by atoms with Gasteiger partial charge in [-0.1, -0.05) is 13.3 Å². The summed E-state index contributed by atoms with van der Waals surface area (Å²) in [6.45, 7) is 2.72. The van der Waals surface area contributed by atoms with Gasteiger partial charge in [0.2, 0.25) is 5.91 Å². The van der Waals surface area contributed by atoms with E-state index in [9.17, 15) is 4.79 Å². The first-order chi connectivity index (χ1) is 7.15. The summed E-state index contributed by atoms with van der Waals surface area (Å²) in [4.78, 5) is 11.4. The molecule has 4 nitrogen and oxygen atoms in total. The minimum Gasteiger partial charge on any atom is -0.396 e. The fraction of sp³-hybridized carbons (Fsp3) is 0.727. The highest BCUT2D eigenvalue weighted by Crippen LogP contribution is 2.05. The third-order valence-corrected chi connectivity index (χ3v) is 2.35. The van der Waals surface area contributed by atoms with Gasteiger partial charge in [-0.2, -0.15) is 0 Å². The number of amides is 1. The SMILES string of the molecule is C#CCC(N)C(=O)NCC(CC)CCO. The number of rotatable bonds is 7. The molecule has 0 heterocycles. The second-order valence-electron chi connectivity index (χ2n) is 3.55. The third-order valence-electron chi connectivity index (χ3n) is 2.35. The number of hydrogen-bond donors (Lipinski definition) is 3. The molecular weight excluding hydrogens is 192 g/mol. The van der Waals surface area contributed by atoms with Gasteiger partial charge in [0.15, 0.2) is 0 Å². The molecule has 0 saturated heterocycles. The van der Waals surface area contributed by atoms with Crippen molar-refractivity contribution >= 4 is 5.91 Å². The first-order valence-corrected chi connectivity index (χ1v) is 5.23. The van der Waals surface area contributed by atoms with Gasteiger partial charge in [0, 0.05) is 19.6 Å². The van der Waals surface area contributed by atoms with Gasteiger partial charge in [0.05, 0.1) is 6.04 Å². The smallest absolute Gasteiger partial charge is 0.237 e. The van der Waals surface area contributed by atoms with Crippen molar-refractivity contribution in [3.63, 3.8) is 0 Å². The molecule has 0 spiro atoms. The third kappa shape index (κ3) is 6.10. The summed E-state index contributed by atoms with van der Waals surface area (Å²) in [6.07, 6.45) is 6.92. The zero-order valence-corrected chi connectivity index (χ0v) is 9.20. The quantitative estimate of drug-likeness (QED) is 0.514. The van der Waals surface area contributed by atoms with E-state index in [2.05, 4.69) is 11.2 Å². The maximum Gasteiger partial charge on any atom is 0.237 e. The van der Waals surface area contributed by atoms with Crippen molar-refractivity contribution in [2.24, 2.45) is 11.7 Å². The Bertz CT molecular complexity index is 223. The van der Waals surface area contributed by atoms with E-state index in [4.69, 9.17) is 17.3 Å². The fourth-order valence-electron chi connectivity index (χ4n) is 1.23. The van der Waals surface area contributed by atoms with Crippen LogP contribution < -0.4 is 11.1 Å². The number of hydrogen-bond acceptors (Lipinski definition) is 3. The largest absolute Gasteiger partial charge is 0.396 e. The van der Waals surface area contributed by atoms with E-state index in [1.165, 1.54) is 0 Å². The summed E-state index contributed by atoms with van der Waals surface area (Å²) < 4.78 is 0. The lowest BCUT2D eigenvalue weighted by molar-refractivity contribution is -0.122. The number of carbonyl (C=O) groups excluding carboxylic acids is 1. The van der Waals surface area contributed by atoms with Crippen LogP contribution in [-0.4, -0.2) is 30.2 Å². The first-order valence-electron chi connectivity index (χ1n) is 5.23. The molecule has 1 amide bonds. The lowest BCUT2D eigenvalue weighted by atomic mass is 10.0. The van der Waals surface area contributed by atoms with E-state index in [0.29, 0.717) is 18.9 Å². The minimum absolute atomic E-state index is 0.144. The topological polar surface area (TPSA) is 75.4 Å². The Labute approximate surface area is 91.2 Å². The van der Waals surface area contributed by atoms with Gasteiger partial charge in [-0.25, -0.2) is 0 Å². The Hall–Kier alpha value is -1.05. The Morgan fingerprint density at radius 1 is 1.67 bits per heavy atom. The standard InChI is InChI=1S/C11H20N2O2/c1-3-5-10(12)11(15)13-8-9(4-2)6-7-14/h1,9-10,14H,4-8,12H2,2H3,(H,13,15). The number of aliphatic hydroxyl groups excluding tert-OH is 1. The van der Waals surface area contributed by atoms with Gasteiger partial charge >= 0.3 is 0 Å². The lowest BCUT2D eigenvalue weighted by Gasteiger charge is -2.16. The van der Waals surface area contributed by atoms with Crippen LogP contribution in [0.1, 0.15) is 26.2 Å². The normalized spacial score (nSPS) is 14.0. The van der Waals surface area contributed by atoms with Crippen molar-refractivity contribution < 1.29 is 9.90 Å². The van der Waals surface area contributed by atoms with Crippen molar-refractivity contribution in [3.05, 3.63) is 0 Å². The molecule has 0 radical (unpaired) electrons. The molecule has 0 fully saturated rings. The molecule has 0 aromatic carbocycles. The van der Waals surface area contributed by atoms with E-state index < -0.39 is 6.04 Å². The molecule has 4 heteroatoms. The molecule has 0 aromatic rings. The van der Waals surface area contributed by atoms with Crippen LogP contribution in [0.2, 0.25) is 0 Å². The maximum atomic E-state index is 11.4. The number of terminal acetylenes is 1. The number of aliphatic hydroxyl groups is 1. The molecule has 4 N–H and O–H groups in total. The molecule has 2 unspecified atom stereocenters. The van der Waals surface area contributed by atoms with E-state index in [-0.39, 0.29) is 18.9 Å². The van der Waals surface area contributed by atoms with E-state index in [1.54, 1.807) is 0 Å². The van der Waals surface area contributed by atoms with Crippen LogP contribution in [0.5, 0.6) is 0 Å². The van der Waals surface area contributed by atoms with Gasteiger partial charge < -0.3 is 16.2 Å². The Kier molecular flexibility index (Phi) is 7.69. The second-order valence-corrected chi connectivity index (χ2v) is 3.55. The predicted octanol–water partition coefficient (Wildman–Crippen LogP) is -0.138. The van der Waals surface area contributed by atoms with Crippen molar-refractivity contribution in [2.45, 2.75) is 32.2 Å². The molecular formula is C11H20N2O2. The molecule has 0 aromatic heterocycles. The van der Waals surface area contributed by atoms with Crippen LogP contribution in [0, 0.1) is 18.3 Å². The molecule has 0 rings (SSSR count). The van der Waals surface area contributed by atoms with Crippen molar-refractivity contribution in [1.29, 1.82) is 0 Å². The van der Waals surface area contributed by atoms with E-state index >= 15 is 0 Å². The average molecular weight is 212 g/mol. The first kappa shape index (κ1) is 13.9. The maximum absolute atomic E-state index is 11.4. The molecule has 15 heavy (non-hydrogen) atoms. The molecule has 86 valence electrons. The molecule has 0 aliphatic carbocycles. The van der Waals surface area contributed by atoms with Gasteiger partial charge in [0.1, 0.15) is 0 Å². The predicted molar refractivity (Wildman–Crippen MR) is 59.9 cm³/mol. The van der Waals surface area contributed by atoms with Crippen molar-refractivity contribution in [3.8, 4) is 12.3 Å². The number of nitrogens with one attached hydrogen (secondary N) is 1. The van der Waals surface area contributed by atoms with Crippen LogP contribution in [0.4, 0.5) is 0 Å². The summed E-state index contributed by atoms with van der Waals surface area (Å²) in [5.74, 6) is 2.43. The van der Waals surface area contributed by atoms with E-state index in [0.717, 1.165) is 6.42 Å². The van der Waals surface area contributed by atoms with Gasteiger partial charge in [0.25, 0.3) is 0 Å².